The van der Waals surface area contributed by atoms with Crippen molar-refractivity contribution >= 4 is 29.1 Å². The summed E-state index contributed by atoms with van der Waals surface area (Å²) in [7, 11) is 0. The molecule has 0 unspecified atom stereocenters. The van der Waals surface area contributed by atoms with Crippen LogP contribution in [0, 0.1) is 0 Å². The van der Waals surface area contributed by atoms with Crippen LogP contribution in [-0.2, 0) is 0 Å². The number of aromatic nitrogens is 5. The number of fused-ring (bicyclic) bond motifs is 1. The number of benzene rings is 2. The first-order valence-electron chi connectivity index (χ1n) is 9.12. The molecule has 2 aromatic heterocycles. The van der Waals surface area contributed by atoms with Crippen molar-refractivity contribution in [1.29, 1.82) is 0 Å². The van der Waals surface area contributed by atoms with Gasteiger partial charge in [0.25, 0.3) is 0 Å². The molecule has 0 saturated carbocycles. The van der Waals surface area contributed by atoms with Crippen LogP contribution >= 0.6 is 23.4 Å². The maximum Gasteiger partial charge on any atom is 0.213 e. The highest BCUT2D eigenvalue weighted by molar-refractivity contribution is 8.01. The highest BCUT2D eigenvalue weighted by Crippen LogP contribution is 2.40. The van der Waals surface area contributed by atoms with Crippen molar-refractivity contribution in [2.24, 2.45) is 5.10 Å². The highest BCUT2D eigenvalue weighted by atomic mass is 35.5. The van der Waals surface area contributed by atoms with E-state index in [2.05, 4.69) is 46.4 Å². The van der Waals surface area contributed by atoms with Gasteiger partial charge in [-0.05, 0) is 37.6 Å². The molecule has 8 heteroatoms. The summed E-state index contributed by atoms with van der Waals surface area (Å²) in [6.07, 6.45) is 0. The third kappa shape index (κ3) is 3.26. The molecular formula is C21H17ClN6S. The lowest BCUT2D eigenvalue weighted by Crippen LogP contribution is -2.33. The Morgan fingerprint density at radius 3 is 2.48 bits per heavy atom. The number of nitrogens with zero attached hydrogens (tertiary/aromatic N) is 5. The molecule has 144 valence electrons. The van der Waals surface area contributed by atoms with Gasteiger partial charge < -0.3 is 0 Å². The Bertz CT molecular complexity index is 1210. The van der Waals surface area contributed by atoms with Crippen molar-refractivity contribution in [1.82, 2.24) is 25.1 Å². The SMILES string of the molecule is CC1(C)Sc2nnc(-c3cc(-c4ccc(Cl)cc4)n[nH]3)n2N=C1c1ccccc1. The molecule has 0 amide bonds. The van der Waals surface area contributed by atoms with Crippen LogP contribution in [0.15, 0.2) is 70.9 Å². The zero-order chi connectivity index (χ0) is 20.0. The van der Waals surface area contributed by atoms with Gasteiger partial charge in [-0.15, -0.1) is 10.2 Å². The van der Waals surface area contributed by atoms with Crippen LogP contribution in [0.2, 0.25) is 5.02 Å². The van der Waals surface area contributed by atoms with Crippen LogP contribution in [0.1, 0.15) is 19.4 Å². The molecule has 5 rings (SSSR count). The minimum Gasteiger partial charge on any atom is -0.274 e. The molecule has 1 aliphatic heterocycles. The van der Waals surface area contributed by atoms with Gasteiger partial charge in [-0.1, -0.05) is 65.8 Å². The van der Waals surface area contributed by atoms with Crippen molar-refractivity contribution in [3.8, 4) is 22.8 Å². The first-order chi connectivity index (χ1) is 14.0. The second-order valence-electron chi connectivity index (χ2n) is 7.22. The van der Waals surface area contributed by atoms with Gasteiger partial charge >= 0.3 is 0 Å². The van der Waals surface area contributed by atoms with Crippen molar-refractivity contribution in [3.05, 3.63) is 71.2 Å². The van der Waals surface area contributed by atoms with Crippen LogP contribution in [0.5, 0.6) is 0 Å². The molecule has 0 bridgehead atoms. The number of H-pyrrole nitrogens is 1. The van der Waals surface area contributed by atoms with Crippen LogP contribution in [0.3, 0.4) is 0 Å². The molecule has 1 N–H and O–H groups in total. The molecule has 0 atom stereocenters. The number of aromatic amines is 1. The van der Waals surface area contributed by atoms with Gasteiger partial charge in [0.2, 0.25) is 11.0 Å². The molecule has 0 aliphatic carbocycles. The van der Waals surface area contributed by atoms with Gasteiger partial charge in [-0.3, -0.25) is 5.10 Å². The minimum atomic E-state index is -0.218. The third-order valence-corrected chi connectivity index (χ3v) is 6.13. The number of rotatable bonds is 3. The molecule has 0 fully saturated rings. The molecule has 3 heterocycles. The molecule has 0 radical (unpaired) electrons. The summed E-state index contributed by atoms with van der Waals surface area (Å²) < 4.78 is 1.57. The Morgan fingerprint density at radius 1 is 0.966 bits per heavy atom. The van der Waals surface area contributed by atoms with Crippen molar-refractivity contribution in [2.45, 2.75) is 23.8 Å². The van der Waals surface area contributed by atoms with Gasteiger partial charge in [-0.2, -0.15) is 14.9 Å². The maximum absolute atomic E-state index is 5.99. The smallest absolute Gasteiger partial charge is 0.213 e. The molecule has 29 heavy (non-hydrogen) atoms. The Hall–Kier alpha value is -2.90. The Balaban J connectivity index is 1.57. The highest BCUT2D eigenvalue weighted by Gasteiger charge is 2.35. The molecule has 4 aromatic rings. The summed E-state index contributed by atoms with van der Waals surface area (Å²) in [4.78, 5) is 0. The zero-order valence-corrected chi connectivity index (χ0v) is 17.4. The summed E-state index contributed by atoms with van der Waals surface area (Å²) in [6, 6.07) is 19.7. The summed E-state index contributed by atoms with van der Waals surface area (Å²) in [5.41, 5.74) is 4.60. The van der Waals surface area contributed by atoms with E-state index in [0.717, 1.165) is 33.4 Å². The van der Waals surface area contributed by atoms with E-state index in [4.69, 9.17) is 16.7 Å². The first-order valence-corrected chi connectivity index (χ1v) is 10.3. The summed E-state index contributed by atoms with van der Waals surface area (Å²) in [5.74, 6) is 0.629. The predicted molar refractivity (Wildman–Crippen MR) is 116 cm³/mol. The fraction of sp³-hybridized carbons (Fsp3) is 0.143. The van der Waals surface area contributed by atoms with Crippen LogP contribution in [0.4, 0.5) is 0 Å². The van der Waals surface area contributed by atoms with Crippen molar-refractivity contribution < 1.29 is 0 Å². The van der Waals surface area contributed by atoms with E-state index in [-0.39, 0.29) is 4.75 Å². The largest absolute Gasteiger partial charge is 0.274 e. The second-order valence-corrected chi connectivity index (χ2v) is 9.25. The fourth-order valence-corrected chi connectivity index (χ4v) is 4.42. The number of nitrogens with one attached hydrogen (secondary N) is 1. The molecule has 2 aromatic carbocycles. The number of thioether (sulfide) groups is 1. The van der Waals surface area contributed by atoms with E-state index < -0.39 is 0 Å². The van der Waals surface area contributed by atoms with Gasteiger partial charge in [-0.25, -0.2) is 0 Å². The van der Waals surface area contributed by atoms with Crippen LogP contribution in [-0.4, -0.2) is 35.5 Å². The molecule has 6 nitrogen and oxygen atoms in total. The van der Waals surface area contributed by atoms with Crippen LogP contribution in [0.25, 0.3) is 22.8 Å². The van der Waals surface area contributed by atoms with Gasteiger partial charge in [0, 0.05) is 10.6 Å². The normalized spacial score (nSPS) is 15.1. The van der Waals surface area contributed by atoms with Gasteiger partial charge in [0.15, 0.2) is 0 Å². The number of hydrogen-bond donors (Lipinski definition) is 1. The lowest BCUT2D eigenvalue weighted by atomic mass is 9.99. The summed E-state index contributed by atoms with van der Waals surface area (Å²) in [6.45, 7) is 4.30. The minimum absolute atomic E-state index is 0.218. The Kier molecular flexibility index (Phi) is 4.29. The summed E-state index contributed by atoms with van der Waals surface area (Å²) in [5, 5.41) is 22.6. The number of hydrogen-bond acceptors (Lipinski definition) is 5. The molecule has 0 spiro atoms. The quantitative estimate of drug-likeness (QED) is 0.499. The second kappa shape index (κ2) is 6.86. The molecule has 0 saturated heterocycles. The lowest BCUT2D eigenvalue weighted by molar-refractivity contribution is 0.727. The molecule has 1 aliphatic rings. The monoisotopic (exact) mass is 420 g/mol. The standard InChI is InChI=1S/C21H17ClN6S/c1-21(2)18(14-6-4-3-5-7-14)27-28-19(25-26-20(28)29-21)17-12-16(23-24-17)13-8-10-15(22)11-9-13/h3-12H,1-2H3,(H,23,24). The first kappa shape index (κ1) is 18.1. The van der Waals surface area contributed by atoms with Crippen molar-refractivity contribution in [2.75, 3.05) is 0 Å². The predicted octanol–water partition coefficient (Wildman–Crippen LogP) is 5.13. The third-order valence-electron chi connectivity index (χ3n) is 4.73. The van der Waals surface area contributed by atoms with Crippen LogP contribution < -0.4 is 0 Å². The lowest BCUT2D eigenvalue weighted by Gasteiger charge is -2.29. The maximum atomic E-state index is 5.99. The Morgan fingerprint density at radius 2 is 1.72 bits per heavy atom. The molecular weight excluding hydrogens is 404 g/mol. The van der Waals surface area contributed by atoms with E-state index in [1.807, 2.05) is 48.5 Å². The van der Waals surface area contributed by atoms with E-state index >= 15 is 0 Å². The average Bonchev–Trinajstić information content (AvgIpc) is 3.34. The zero-order valence-electron chi connectivity index (χ0n) is 15.8. The Labute approximate surface area is 177 Å². The van der Waals surface area contributed by atoms with E-state index in [1.165, 1.54) is 0 Å². The number of halogens is 1. The topological polar surface area (TPSA) is 71.8 Å². The van der Waals surface area contributed by atoms with Gasteiger partial charge in [0.1, 0.15) is 5.69 Å². The van der Waals surface area contributed by atoms with E-state index in [1.54, 1.807) is 16.4 Å². The fourth-order valence-electron chi connectivity index (χ4n) is 3.29. The van der Waals surface area contributed by atoms with E-state index in [0.29, 0.717) is 10.8 Å². The average molecular weight is 421 g/mol. The van der Waals surface area contributed by atoms with Crippen molar-refractivity contribution in [3.63, 3.8) is 0 Å². The summed E-state index contributed by atoms with van der Waals surface area (Å²) >= 11 is 7.63. The van der Waals surface area contributed by atoms with Gasteiger partial charge in [0.05, 0.1) is 16.2 Å². The van der Waals surface area contributed by atoms with E-state index in [9.17, 15) is 0 Å².